The normalized spacial score (nSPS) is 19.7. The van der Waals surface area contributed by atoms with Crippen LogP contribution in [0, 0.1) is 11.3 Å². The average molecular weight is 335 g/mol. The number of amides is 1. The van der Waals surface area contributed by atoms with Crippen LogP contribution in [0.2, 0.25) is 0 Å². The lowest BCUT2D eigenvalue weighted by molar-refractivity contribution is 0.0219. The molecular formula is C16H21N3O3S. The Kier molecular flexibility index (Phi) is 5.37. The second-order valence-electron chi connectivity index (χ2n) is 6.48. The number of nitriles is 1. The third-order valence-corrected chi connectivity index (χ3v) is 5.03. The molecule has 0 bridgehead atoms. The Morgan fingerprint density at radius 3 is 2.91 bits per heavy atom. The van der Waals surface area contributed by atoms with Crippen molar-refractivity contribution in [3.8, 4) is 6.07 Å². The van der Waals surface area contributed by atoms with E-state index >= 15 is 0 Å². The summed E-state index contributed by atoms with van der Waals surface area (Å²) in [5.41, 5.74) is -0.116. The number of carbonyl (C=O) groups excluding carboxylic acids is 1. The van der Waals surface area contributed by atoms with Crippen molar-refractivity contribution >= 4 is 16.9 Å². The lowest BCUT2D eigenvalue weighted by atomic mass is 10.1. The van der Waals surface area contributed by atoms with Gasteiger partial charge in [-0.05, 0) is 45.7 Å². The Morgan fingerprint density at radius 2 is 2.26 bits per heavy atom. The molecule has 1 aromatic rings. The van der Waals surface area contributed by atoms with Crippen LogP contribution < -0.4 is 0 Å². The van der Waals surface area contributed by atoms with Gasteiger partial charge < -0.3 is 9.64 Å². The Balaban J connectivity index is 2.07. The van der Waals surface area contributed by atoms with Gasteiger partial charge in [0.2, 0.25) is 0 Å². The maximum Gasteiger partial charge on any atom is 0.410 e. The zero-order valence-electron chi connectivity index (χ0n) is 13.6. The molecular weight excluding hydrogens is 314 g/mol. The summed E-state index contributed by atoms with van der Waals surface area (Å²) < 4.78 is 18.1. The number of ether oxygens (including phenoxy) is 1. The lowest BCUT2D eigenvalue weighted by Crippen LogP contribution is -2.45. The van der Waals surface area contributed by atoms with Crippen molar-refractivity contribution in [1.82, 2.24) is 9.88 Å². The van der Waals surface area contributed by atoms with Crippen LogP contribution in [-0.2, 0) is 15.5 Å². The van der Waals surface area contributed by atoms with E-state index in [1.807, 2.05) is 26.8 Å². The van der Waals surface area contributed by atoms with Gasteiger partial charge in [0.15, 0.2) is 0 Å². The summed E-state index contributed by atoms with van der Waals surface area (Å²) >= 11 is 0. The maximum atomic E-state index is 12.7. The summed E-state index contributed by atoms with van der Waals surface area (Å²) in [5.74, 6) is 0. The van der Waals surface area contributed by atoms with Gasteiger partial charge in [-0.3, -0.25) is 4.21 Å². The minimum Gasteiger partial charge on any atom is -0.444 e. The van der Waals surface area contributed by atoms with Crippen LogP contribution >= 0.6 is 0 Å². The van der Waals surface area contributed by atoms with E-state index in [0.29, 0.717) is 23.7 Å². The molecule has 0 N–H and O–H groups in total. The van der Waals surface area contributed by atoms with E-state index in [1.54, 1.807) is 17.0 Å². The molecule has 1 fully saturated rings. The number of rotatable bonds is 2. The second-order valence-corrected chi connectivity index (χ2v) is 8.16. The summed E-state index contributed by atoms with van der Waals surface area (Å²) in [7, 11) is -1.35. The molecule has 124 valence electrons. The lowest BCUT2D eigenvalue weighted by Gasteiger charge is -2.33. The first-order valence-corrected chi connectivity index (χ1v) is 8.76. The minimum atomic E-state index is -1.35. The Labute approximate surface area is 138 Å². The highest BCUT2D eigenvalue weighted by Crippen LogP contribution is 2.21. The summed E-state index contributed by atoms with van der Waals surface area (Å²) in [6, 6.07) is 5.14. The van der Waals surface area contributed by atoms with E-state index in [2.05, 4.69) is 4.98 Å². The van der Waals surface area contributed by atoms with E-state index in [9.17, 15) is 9.00 Å². The fourth-order valence-electron chi connectivity index (χ4n) is 2.37. The number of pyridine rings is 1. The highest BCUT2D eigenvalue weighted by atomic mass is 32.2. The molecule has 1 saturated heterocycles. The molecule has 2 atom stereocenters. The van der Waals surface area contributed by atoms with Crippen LogP contribution in [0.4, 0.5) is 4.79 Å². The first-order chi connectivity index (χ1) is 10.8. The predicted molar refractivity (Wildman–Crippen MR) is 86.2 cm³/mol. The number of hydrogen-bond acceptors (Lipinski definition) is 5. The van der Waals surface area contributed by atoms with Gasteiger partial charge in [0.25, 0.3) is 0 Å². The number of hydrogen-bond donors (Lipinski definition) is 0. The molecule has 0 saturated carbocycles. The van der Waals surface area contributed by atoms with E-state index < -0.39 is 16.4 Å². The Bertz CT molecular complexity index is 649. The van der Waals surface area contributed by atoms with Gasteiger partial charge in [-0.25, -0.2) is 9.78 Å². The smallest absolute Gasteiger partial charge is 0.410 e. The highest BCUT2D eigenvalue weighted by Gasteiger charge is 2.31. The molecule has 0 aliphatic carbocycles. The van der Waals surface area contributed by atoms with Gasteiger partial charge in [0.05, 0.1) is 27.7 Å². The van der Waals surface area contributed by atoms with Crippen LogP contribution in [0.25, 0.3) is 0 Å². The van der Waals surface area contributed by atoms with Gasteiger partial charge in [-0.2, -0.15) is 5.26 Å². The first kappa shape index (κ1) is 17.4. The third-order valence-electron chi connectivity index (χ3n) is 3.40. The molecule has 0 unspecified atom stereocenters. The van der Waals surface area contributed by atoms with E-state index in [4.69, 9.17) is 10.00 Å². The number of carbonyl (C=O) groups is 1. The zero-order valence-corrected chi connectivity index (χ0v) is 14.4. The molecule has 0 radical (unpaired) electrons. The van der Waals surface area contributed by atoms with Crippen molar-refractivity contribution in [1.29, 1.82) is 5.26 Å². The largest absolute Gasteiger partial charge is 0.444 e. The molecule has 0 aromatic carbocycles. The predicted octanol–water partition coefficient (Wildman–Crippen LogP) is 2.46. The Hall–Kier alpha value is -1.94. The fraction of sp³-hybridized carbons (Fsp3) is 0.562. The van der Waals surface area contributed by atoms with Crippen molar-refractivity contribution in [2.75, 3.05) is 13.1 Å². The molecule has 2 rings (SSSR count). The third kappa shape index (κ3) is 4.76. The second kappa shape index (κ2) is 7.09. The van der Waals surface area contributed by atoms with Crippen molar-refractivity contribution in [2.45, 2.75) is 49.5 Å². The Morgan fingerprint density at radius 1 is 1.52 bits per heavy atom. The molecule has 1 amide bonds. The van der Waals surface area contributed by atoms with E-state index in [0.717, 1.165) is 12.8 Å². The summed E-state index contributed by atoms with van der Waals surface area (Å²) in [6.45, 7) is 6.44. The quantitative estimate of drug-likeness (QED) is 0.829. The molecule has 1 aromatic heterocycles. The summed E-state index contributed by atoms with van der Waals surface area (Å²) in [4.78, 5) is 17.9. The van der Waals surface area contributed by atoms with Crippen molar-refractivity contribution in [2.24, 2.45) is 0 Å². The van der Waals surface area contributed by atoms with Crippen LogP contribution in [0.5, 0.6) is 0 Å². The van der Waals surface area contributed by atoms with Crippen molar-refractivity contribution in [3.05, 3.63) is 23.9 Å². The maximum absolute atomic E-state index is 12.7. The van der Waals surface area contributed by atoms with Gasteiger partial charge in [-0.15, -0.1) is 0 Å². The number of nitrogens with zero attached hydrogens (tertiary/aromatic N) is 3. The summed E-state index contributed by atoms with van der Waals surface area (Å²) in [6.07, 6.45) is 2.64. The standard InChI is InChI=1S/C16H21N3O3S/c1-16(2,3)22-15(20)19-8-4-5-13(11-19)23(21)14-9-12(10-17)6-7-18-14/h6-7,9,13H,4-5,8,11H2,1-3H3/t13-,23-/m0/s1. The van der Waals surface area contributed by atoms with Gasteiger partial charge >= 0.3 is 6.09 Å². The van der Waals surface area contributed by atoms with Gasteiger partial charge in [0, 0.05) is 19.3 Å². The molecule has 2 heterocycles. The zero-order chi connectivity index (χ0) is 17.0. The molecule has 6 nitrogen and oxygen atoms in total. The number of aromatic nitrogens is 1. The molecule has 1 aliphatic heterocycles. The highest BCUT2D eigenvalue weighted by molar-refractivity contribution is 7.85. The molecule has 1 aliphatic rings. The van der Waals surface area contributed by atoms with Crippen molar-refractivity contribution < 1.29 is 13.7 Å². The van der Waals surface area contributed by atoms with Crippen LogP contribution in [0.3, 0.4) is 0 Å². The van der Waals surface area contributed by atoms with Gasteiger partial charge in [0.1, 0.15) is 10.6 Å². The van der Waals surface area contributed by atoms with Crippen LogP contribution in [0.1, 0.15) is 39.2 Å². The molecule has 23 heavy (non-hydrogen) atoms. The molecule has 7 heteroatoms. The van der Waals surface area contributed by atoms with Crippen LogP contribution in [-0.4, -0.2) is 44.1 Å². The van der Waals surface area contributed by atoms with Crippen LogP contribution in [0.15, 0.2) is 23.4 Å². The van der Waals surface area contributed by atoms with E-state index in [-0.39, 0.29) is 11.3 Å². The SMILES string of the molecule is CC(C)(C)OC(=O)N1CCC[C@H]([S@](=O)c2cc(C#N)ccn2)C1. The fourth-order valence-corrected chi connectivity index (χ4v) is 3.81. The molecule has 0 spiro atoms. The van der Waals surface area contributed by atoms with Crippen molar-refractivity contribution in [3.63, 3.8) is 0 Å². The minimum absolute atomic E-state index is 0.197. The monoisotopic (exact) mass is 335 g/mol. The van der Waals surface area contributed by atoms with E-state index in [1.165, 1.54) is 6.20 Å². The first-order valence-electron chi connectivity index (χ1n) is 7.55. The topological polar surface area (TPSA) is 83.3 Å². The van der Waals surface area contributed by atoms with Gasteiger partial charge in [-0.1, -0.05) is 0 Å². The number of piperidine rings is 1. The number of likely N-dealkylation sites (tertiary alicyclic amines) is 1. The average Bonchev–Trinajstić information content (AvgIpc) is 2.52. The summed E-state index contributed by atoms with van der Waals surface area (Å²) in [5, 5.41) is 9.12.